The number of carbonyl (C=O) groups excluding carboxylic acids is 2. The Labute approximate surface area is 212 Å². The van der Waals surface area contributed by atoms with Gasteiger partial charge in [-0.3, -0.25) is 13.9 Å². The molecule has 0 aliphatic heterocycles. The summed E-state index contributed by atoms with van der Waals surface area (Å²) in [6.07, 6.45) is 1.36. The van der Waals surface area contributed by atoms with Crippen LogP contribution < -0.4 is 9.62 Å². The zero-order chi connectivity index (χ0) is 25.6. The molecule has 2 amide bonds. The van der Waals surface area contributed by atoms with Crippen molar-refractivity contribution >= 4 is 50.7 Å². The quantitative estimate of drug-likeness (QED) is 0.495. The largest absolute Gasteiger partial charge is 0.352 e. The lowest BCUT2D eigenvalue weighted by Gasteiger charge is -2.33. The average molecular weight is 529 g/mol. The van der Waals surface area contributed by atoms with Crippen molar-refractivity contribution in [3.05, 3.63) is 63.6 Å². The maximum absolute atomic E-state index is 13.7. The number of halogens is 2. The lowest BCUT2D eigenvalue weighted by atomic mass is 10.1. The Bertz CT molecular complexity index is 1120. The highest BCUT2D eigenvalue weighted by Crippen LogP contribution is 2.28. The van der Waals surface area contributed by atoms with E-state index in [2.05, 4.69) is 5.32 Å². The van der Waals surface area contributed by atoms with Crippen LogP contribution in [-0.2, 0) is 26.2 Å². The van der Waals surface area contributed by atoms with Gasteiger partial charge in [0.15, 0.2) is 0 Å². The number of hydrogen-bond acceptors (Lipinski definition) is 4. The molecule has 10 heteroatoms. The minimum Gasteiger partial charge on any atom is -0.352 e. The van der Waals surface area contributed by atoms with Gasteiger partial charge < -0.3 is 10.2 Å². The number of rotatable bonds is 10. The molecule has 0 radical (unpaired) electrons. The summed E-state index contributed by atoms with van der Waals surface area (Å²) in [6.45, 7) is 6.68. The molecule has 186 valence electrons. The van der Waals surface area contributed by atoms with E-state index in [4.69, 9.17) is 23.2 Å². The van der Waals surface area contributed by atoms with Gasteiger partial charge in [0.2, 0.25) is 21.8 Å². The van der Waals surface area contributed by atoms with Crippen LogP contribution in [0.3, 0.4) is 0 Å². The van der Waals surface area contributed by atoms with E-state index >= 15 is 0 Å². The van der Waals surface area contributed by atoms with Gasteiger partial charge >= 0.3 is 0 Å². The molecule has 0 unspecified atom stereocenters. The van der Waals surface area contributed by atoms with Gasteiger partial charge in [0.25, 0.3) is 0 Å². The van der Waals surface area contributed by atoms with Gasteiger partial charge in [-0.2, -0.15) is 0 Å². The molecule has 0 bridgehead atoms. The van der Waals surface area contributed by atoms with E-state index in [9.17, 15) is 18.0 Å². The molecule has 0 aromatic heterocycles. The molecule has 7 nitrogen and oxygen atoms in total. The highest BCUT2D eigenvalue weighted by atomic mass is 35.5. The average Bonchev–Trinajstić information content (AvgIpc) is 2.73. The van der Waals surface area contributed by atoms with Gasteiger partial charge in [0.1, 0.15) is 12.6 Å². The van der Waals surface area contributed by atoms with Crippen molar-refractivity contribution in [2.45, 2.75) is 52.7 Å². The molecule has 1 atom stereocenters. The van der Waals surface area contributed by atoms with Crippen molar-refractivity contribution in [2.75, 3.05) is 17.1 Å². The van der Waals surface area contributed by atoms with Crippen molar-refractivity contribution < 1.29 is 18.0 Å². The maximum atomic E-state index is 13.7. The number of benzene rings is 2. The van der Waals surface area contributed by atoms with Gasteiger partial charge in [-0.1, -0.05) is 54.4 Å². The molecular formula is C24H31Cl2N3O4S. The normalized spacial score (nSPS) is 12.4. The van der Waals surface area contributed by atoms with Gasteiger partial charge in [0.05, 0.1) is 11.9 Å². The molecule has 2 aromatic carbocycles. The third kappa shape index (κ3) is 7.10. The summed E-state index contributed by atoms with van der Waals surface area (Å²) in [4.78, 5) is 28.0. The Kier molecular flexibility index (Phi) is 9.79. The summed E-state index contributed by atoms with van der Waals surface area (Å²) in [5.41, 5.74) is 1.58. The topological polar surface area (TPSA) is 86.8 Å². The van der Waals surface area contributed by atoms with E-state index in [-0.39, 0.29) is 18.5 Å². The van der Waals surface area contributed by atoms with Crippen LogP contribution in [-0.4, -0.2) is 50.0 Å². The molecule has 2 aromatic rings. The number of amides is 2. The molecule has 2 rings (SSSR count). The van der Waals surface area contributed by atoms with E-state index < -0.39 is 28.5 Å². The first kappa shape index (κ1) is 28.0. The standard InChI is InChI=1S/C24H31Cl2N3O4S/c1-6-21(24(31)27-16(2)3)28(14-18-19(25)11-9-12-20(18)26)23(30)15-29(34(5,32)33)22-13-8-7-10-17(22)4/h7-13,16,21H,6,14-15H2,1-5H3,(H,27,31)/t21-/m1/s1. The van der Waals surface area contributed by atoms with Crippen LogP contribution in [0.5, 0.6) is 0 Å². The van der Waals surface area contributed by atoms with Crippen molar-refractivity contribution in [1.29, 1.82) is 0 Å². The number of nitrogens with zero attached hydrogens (tertiary/aromatic N) is 2. The highest BCUT2D eigenvalue weighted by molar-refractivity contribution is 7.92. The van der Waals surface area contributed by atoms with Crippen LogP contribution in [0.15, 0.2) is 42.5 Å². The SMILES string of the molecule is CC[C@H](C(=O)NC(C)C)N(Cc1c(Cl)cccc1Cl)C(=O)CN(c1ccccc1C)S(C)(=O)=O. The van der Waals surface area contributed by atoms with Crippen molar-refractivity contribution in [3.63, 3.8) is 0 Å². The Morgan fingerprint density at radius 1 is 1.03 bits per heavy atom. The maximum Gasteiger partial charge on any atom is 0.244 e. The molecule has 0 aliphatic carbocycles. The first-order chi connectivity index (χ1) is 15.9. The summed E-state index contributed by atoms with van der Waals surface area (Å²) in [5, 5.41) is 3.54. The van der Waals surface area contributed by atoms with Crippen LogP contribution in [0.1, 0.15) is 38.3 Å². The monoisotopic (exact) mass is 527 g/mol. The summed E-state index contributed by atoms with van der Waals surface area (Å²) < 4.78 is 26.4. The van der Waals surface area contributed by atoms with Crippen LogP contribution in [0.4, 0.5) is 5.69 Å². The Morgan fingerprint density at radius 3 is 2.12 bits per heavy atom. The van der Waals surface area contributed by atoms with Crippen LogP contribution >= 0.6 is 23.2 Å². The number of para-hydroxylation sites is 1. The van der Waals surface area contributed by atoms with Crippen molar-refractivity contribution in [2.24, 2.45) is 0 Å². The zero-order valence-corrected chi connectivity index (χ0v) is 22.3. The molecule has 0 heterocycles. The second kappa shape index (κ2) is 11.9. The third-order valence-electron chi connectivity index (χ3n) is 5.27. The van der Waals surface area contributed by atoms with E-state index in [1.54, 1.807) is 56.3 Å². The minimum atomic E-state index is -3.80. The molecule has 0 fully saturated rings. The number of sulfonamides is 1. The lowest BCUT2D eigenvalue weighted by Crippen LogP contribution is -2.53. The molecular weight excluding hydrogens is 497 g/mol. The van der Waals surface area contributed by atoms with Crippen molar-refractivity contribution in [1.82, 2.24) is 10.2 Å². The fraction of sp³-hybridized carbons (Fsp3) is 0.417. The van der Waals surface area contributed by atoms with E-state index in [0.29, 0.717) is 33.3 Å². The first-order valence-electron chi connectivity index (χ1n) is 10.9. The van der Waals surface area contributed by atoms with Crippen molar-refractivity contribution in [3.8, 4) is 0 Å². The van der Waals surface area contributed by atoms with Crippen LogP contribution in [0.2, 0.25) is 10.0 Å². The molecule has 0 aliphatic rings. The van der Waals surface area contributed by atoms with Gasteiger partial charge in [-0.25, -0.2) is 8.42 Å². The summed E-state index contributed by atoms with van der Waals surface area (Å²) in [5.74, 6) is -0.883. The molecule has 0 saturated carbocycles. The summed E-state index contributed by atoms with van der Waals surface area (Å²) in [7, 11) is -3.80. The number of carbonyl (C=O) groups is 2. The molecule has 1 N–H and O–H groups in total. The Hall–Kier alpha value is -2.29. The third-order valence-corrected chi connectivity index (χ3v) is 7.11. The second-order valence-electron chi connectivity index (χ2n) is 8.37. The summed E-state index contributed by atoms with van der Waals surface area (Å²) >= 11 is 12.7. The van der Waals surface area contributed by atoms with Gasteiger partial charge in [-0.15, -0.1) is 0 Å². The zero-order valence-electron chi connectivity index (χ0n) is 20.0. The highest BCUT2D eigenvalue weighted by Gasteiger charge is 2.33. The molecule has 0 spiro atoms. The smallest absolute Gasteiger partial charge is 0.244 e. The predicted molar refractivity (Wildman–Crippen MR) is 138 cm³/mol. The molecule has 34 heavy (non-hydrogen) atoms. The van der Waals surface area contributed by atoms with Crippen LogP contribution in [0.25, 0.3) is 0 Å². The van der Waals surface area contributed by atoms with Crippen LogP contribution in [0, 0.1) is 6.92 Å². The van der Waals surface area contributed by atoms with Gasteiger partial charge in [-0.05, 0) is 51.0 Å². The fourth-order valence-electron chi connectivity index (χ4n) is 3.59. The number of anilines is 1. The lowest BCUT2D eigenvalue weighted by molar-refractivity contribution is -0.140. The minimum absolute atomic E-state index is 0.0489. The Morgan fingerprint density at radius 2 is 1.62 bits per heavy atom. The number of aryl methyl sites for hydroxylation is 1. The first-order valence-corrected chi connectivity index (χ1v) is 13.5. The van der Waals surface area contributed by atoms with E-state index in [0.717, 1.165) is 10.6 Å². The molecule has 0 saturated heterocycles. The summed E-state index contributed by atoms with van der Waals surface area (Å²) in [6, 6.07) is 10.9. The fourth-order valence-corrected chi connectivity index (χ4v) is 5.02. The van der Waals surface area contributed by atoms with E-state index in [1.807, 2.05) is 13.8 Å². The Balaban J connectivity index is 2.52. The number of nitrogens with one attached hydrogen (secondary N) is 1. The second-order valence-corrected chi connectivity index (χ2v) is 11.1. The predicted octanol–water partition coefficient (Wildman–Crippen LogP) is 4.40. The number of hydrogen-bond donors (Lipinski definition) is 1. The van der Waals surface area contributed by atoms with Gasteiger partial charge in [0, 0.05) is 28.2 Å². The van der Waals surface area contributed by atoms with E-state index in [1.165, 1.54) is 4.90 Å².